The van der Waals surface area contributed by atoms with Crippen LogP contribution in [-0.4, -0.2) is 25.4 Å². The van der Waals surface area contributed by atoms with Crippen molar-refractivity contribution >= 4 is 33.4 Å². The number of allylic oxidation sites excluding steroid dienone is 1. The minimum absolute atomic E-state index is 0.173. The number of carbonyl (C=O) groups excluding carboxylic acids is 1. The molecule has 0 unspecified atom stereocenters. The van der Waals surface area contributed by atoms with Gasteiger partial charge in [0.05, 0.1) is 12.7 Å². The standard InChI is InChI=1S/C12H13BrClNO2/c1-17-11-8-9(13)4-5-10(11)12(16)15-7-3-2-6-14/h2-5,8H,6-7H2,1H3,(H,15,16)/b3-2+. The highest BCUT2D eigenvalue weighted by Crippen LogP contribution is 2.23. The first-order valence-corrected chi connectivity index (χ1v) is 6.34. The first-order chi connectivity index (χ1) is 8.19. The maximum absolute atomic E-state index is 11.8. The molecular formula is C12H13BrClNO2. The van der Waals surface area contributed by atoms with Gasteiger partial charge in [0.2, 0.25) is 0 Å². The van der Waals surface area contributed by atoms with Crippen LogP contribution in [0.2, 0.25) is 0 Å². The molecule has 5 heteroatoms. The van der Waals surface area contributed by atoms with Crippen molar-refractivity contribution in [2.45, 2.75) is 0 Å². The molecule has 1 amide bonds. The molecule has 0 heterocycles. The summed E-state index contributed by atoms with van der Waals surface area (Å²) in [6.07, 6.45) is 3.58. The van der Waals surface area contributed by atoms with Crippen LogP contribution in [0.25, 0.3) is 0 Å². The lowest BCUT2D eigenvalue weighted by molar-refractivity contribution is 0.0955. The SMILES string of the molecule is COc1cc(Br)ccc1C(=O)NC/C=C/CCl. The quantitative estimate of drug-likeness (QED) is 0.669. The van der Waals surface area contributed by atoms with Gasteiger partial charge in [-0.15, -0.1) is 11.6 Å². The minimum atomic E-state index is -0.173. The summed E-state index contributed by atoms with van der Waals surface area (Å²) in [4.78, 5) is 11.8. The van der Waals surface area contributed by atoms with E-state index in [0.29, 0.717) is 23.7 Å². The highest BCUT2D eigenvalue weighted by Gasteiger charge is 2.11. The second kappa shape index (κ2) is 7.35. The molecule has 0 saturated carbocycles. The van der Waals surface area contributed by atoms with E-state index < -0.39 is 0 Å². The van der Waals surface area contributed by atoms with E-state index >= 15 is 0 Å². The molecule has 1 aromatic carbocycles. The van der Waals surface area contributed by atoms with Crippen molar-refractivity contribution in [2.24, 2.45) is 0 Å². The molecule has 1 N–H and O–H groups in total. The van der Waals surface area contributed by atoms with Gasteiger partial charge < -0.3 is 10.1 Å². The van der Waals surface area contributed by atoms with E-state index in [4.69, 9.17) is 16.3 Å². The lowest BCUT2D eigenvalue weighted by Crippen LogP contribution is -2.23. The van der Waals surface area contributed by atoms with Crippen molar-refractivity contribution in [2.75, 3.05) is 19.5 Å². The van der Waals surface area contributed by atoms with Crippen molar-refractivity contribution in [3.8, 4) is 5.75 Å². The van der Waals surface area contributed by atoms with Gasteiger partial charge in [0.1, 0.15) is 5.75 Å². The first kappa shape index (κ1) is 14.1. The molecule has 0 aliphatic rings. The zero-order valence-corrected chi connectivity index (χ0v) is 11.7. The number of benzene rings is 1. The predicted octanol–water partition coefficient (Wildman–Crippen LogP) is 2.98. The Morgan fingerprint density at radius 1 is 1.53 bits per heavy atom. The third-order valence-corrected chi connectivity index (χ3v) is 2.72. The molecular weight excluding hydrogens is 305 g/mol. The minimum Gasteiger partial charge on any atom is -0.496 e. The fourth-order valence-corrected chi connectivity index (χ4v) is 1.71. The number of rotatable bonds is 5. The molecule has 3 nitrogen and oxygen atoms in total. The monoisotopic (exact) mass is 317 g/mol. The van der Waals surface area contributed by atoms with Crippen LogP contribution in [0, 0.1) is 0 Å². The molecule has 0 aliphatic heterocycles. The Labute approximate surface area is 114 Å². The fraction of sp³-hybridized carbons (Fsp3) is 0.250. The Hall–Kier alpha value is -1.00. The molecule has 0 aromatic heterocycles. The third-order valence-electron chi connectivity index (χ3n) is 2.04. The molecule has 1 rings (SSSR count). The van der Waals surface area contributed by atoms with Crippen molar-refractivity contribution < 1.29 is 9.53 Å². The van der Waals surface area contributed by atoms with Crippen LogP contribution >= 0.6 is 27.5 Å². The largest absolute Gasteiger partial charge is 0.496 e. The van der Waals surface area contributed by atoms with Crippen molar-refractivity contribution in [3.63, 3.8) is 0 Å². The topological polar surface area (TPSA) is 38.3 Å². The lowest BCUT2D eigenvalue weighted by atomic mass is 10.2. The van der Waals surface area contributed by atoms with Gasteiger partial charge in [0.25, 0.3) is 5.91 Å². The van der Waals surface area contributed by atoms with E-state index in [9.17, 15) is 4.79 Å². The summed E-state index contributed by atoms with van der Waals surface area (Å²) in [5, 5.41) is 2.75. The summed E-state index contributed by atoms with van der Waals surface area (Å²) in [5.41, 5.74) is 0.509. The summed E-state index contributed by atoms with van der Waals surface area (Å²) < 4.78 is 6.01. The summed E-state index contributed by atoms with van der Waals surface area (Å²) in [5.74, 6) is 0.809. The highest BCUT2D eigenvalue weighted by molar-refractivity contribution is 9.10. The molecule has 1 aromatic rings. The zero-order chi connectivity index (χ0) is 12.7. The molecule has 92 valence electrons. The molecule has 0 atom stereocenters. The molecule has 17 heavy (non-hydrogen) atoms. The zero-order valence-electron chi connectivity index (χ0n) is 9.37. The third kappa shape index (κ3) is 4.40. The van der Waals surface area contributed by atoms with Gasteiger partial charge in [0, 0.05) is 16.9 Å². The van der Waals surface area contributed by atoms with Crippen LogP contribution in [0.5, 0.6) is 5.75 Å². The van der Waals surface area contributed by atoms with Crippen molar-refractivity contribution in [1.82, 2.24) is 5.32 Å². The average Bonchev–Trinajstić information content (AvgIpc) is 2.34. The number of hydrogen-bond acceptors (Lipinski definition) is 2. The second-order valence-electron chi connectivity index (χ2n) is 3.18. The van der Waals surface area contributed by atoms with Gasteiger partial charge in [-0.3, -0.25) is 4.79 Å². The number of amides is 1. The summed E-state index contributed by atoms with van der Waals surface area (Å²) >= 11 is 8.80. The Kier molecular flexibility index (Phi) is 6.08. The van der Waals surface area contributed by atoms with Crippen LogP contribution in [-0.2, 0) is 0 Å². The number of ether oxygens (including phenoxy) is 1. The van der Waals surface area contributed by atoms with Gasteiger partial charge in [-0.2, -0.15) is 0 Å². The lowest BCUT2D eigenvalue weighted by Gasteiger charge is -2.08. The number of halogens is 2. The normalized spacial score (nSPS) is 10.5. The van der Waals surface area contributed by atoms with Gasteiger partial charge in [0.15, 0.2) is 0 Å². The van der Waals surface area contributed by atoms with E-state index in [2.05, 4.69) is 21.2 Å². The summed E-state index contributed by atoms with van der Waals surface area (Å²) in [7, 11) is 1.53. The highest BCUT2D eigenvalue weighted by atomic mass is 79.9. The number of methoxy groups -OCH3 is 1. The van der Waals surface area contributed by atoms with Crippen molar-refractivity contribution in [1.29, 1.82) is 0 Å². The van der Waals surface area contributed by atoms with Crippen LogP contribution in [0.4, 0.5) is 0 Å². The molecule has 0 spiro atoms. The number of hydrogen-bond donors (Lipinski definition) is 1. The Morgan fingerprint density at radius 3 is 2.94 bits per heavy atom. The molecule has 0 aliphatic carbocycles. The van der Waals surface area contributed by atoms with Crippen LogP contribution in [0.1, 0.15) is 10.4 Å². The van der Waals surface area contributed by atoms with Gasteiger partial charge >= 0.3 is 0 Å². The summed E-state index contributed by atoms with van der Waals surface area (Å²) in [6.45, 7) is 0.449. The maximum Gasteiger partial charge on any atom is 0.255 e. The maximum atomic E-state index is 11.8. The smallest absolute Gasteiger partial charge is 0.255 e. The van der Waals surface area contributed by atoms with Crippen LogP contribution in [0.15, 0.2) is 34.8 Å². The molecule has 0 bridgehead atoms. The average molecular weight is 319 g/mol. The Balaban J connectivity index is 2.71. The molecule has 0 saturated heterocycles. The number of alkyl halides is 1. The van der Waals surface area contributed by atoms with E-state index in [1.807, 2.05) is 0 Å². The van der Waals surface area contributed by atoms with E-state index in [1.165, 1.54) is 7.11 Å². The van der Waals surface area contributed by atoms with Gasteiger partial charge in [-0.05, 0) is 18.2 Å². The number of carbonyl (C=O) groups is 1. The first-order valence-electron chi connectivity index (χ1n) is 5.01. The Bertz CT molecular complexity index is 421. The van der Waals surface area contributed by atoms with Gasteiger partial charge in [-0.25, -0.2) is 0 Å². The molecule has 0 fully saturated rings. The van der Waals surface area contributed by atoms with Gasteiger partial charge in [-0.1, -0.05) is 28.1 Å². The number of nitrogens with one attached hydrogen (secondary N) is 1. The van der Waals surface area contributed by atoms with E-state index in [-0.39, 0.29) is 5.91 Å². The van der Waals surface area contributed by atoms with Crippen LogP contribution < -0.4 is 10.1 Å². The van der Waals surface area contributed by atoms with E-state index in [1.54, 1.807) is 30.4 Å². The van der Waals surface area contributed by atoms with Crippen molar-refractivity contribution in [3.05, 3.63) is 40.4 Å². The van der Waals surface area contributed by atoms with E-state index in [0.717, 1.165) is 4.47 Å². The predicted molar refractivity (Wildman–Crippen MR) is 72.9 cm³/mol. The second-order valence-corrected chi connectivity index (χ2v) is 4.40. The molecule has 0 radical (unpaired) electrons. The van der Waals surface area contributed by atoms with Crippen LogP contribution in [0.3, 0.4) is 0 Å². The fourth-order valence-electron chi connectivity index (χ4n) is 1.25. The summed E-state index contributed by atoms with van der Waals surface area (Å²) in [6, 6.07) is 5.26. The Morgan fingerprint density at radius 2 is 2.29 bits per heavy atom.